The predicted octanol–water partition coefficient (Wildman–Crippen LogP) is 5.43. The fourth-order valence-electron chi connectivity index (χ4n) is 7.98. The van der Waals surface area contributed by atoms with Crippen LogP contribution in [0.5, 0.6) is 0 Å². The summed E-state index contributed by atoms with van der Waals surface area (Å²) in [6.07, 6.45) is 15.4. The van der Waals surface area contributed by atoms with Crippen molar-refractivity contribution >= 4 is 18.0 Å². The molecule has 1 atom stereocenters. The van der Waals surface area contributed by atoms with E-state index < -0.39 is 5.79 Å². The molecule has 3 aliphatic carbocycles. The van der Waals surface area contributed by atoms with Crippen LogP contribution in [0.2, 0.25) is 0 Å². The molecule has 5 amide bonds. The van der Waals surface area contributed by atoms with Gasteiger partial charge in [-0.2, -0.15) is 0 Å². The standard InChI is InChI=1S/C31H45N5O3/c37-28-31(36(27-19-11-4-12-20-27)30(39)35(28)26-17-9-3-10-18-26)33(23-24-13-5-1-6-14-24)21-22-34(31)29(38)32-25-15-7-2-8-16-25/h1,5-6,13-14,25-27H,2-4,7-12,15-23H2,(H,32,38). The molecular formula is C31H45N5O3. The zero-order valence-corrected chi connectivity index (χ0v) is 23.4. The summed E-state index contributed by atoms with van der Waals surface area (Å²) in [5.74, 6) is -1.59. The van der Waals surface area contributed by atoms with Crippen LogP contribution in [0.1, 0.15) is 102 Å². The van der Waals surface area contributed by atoms with Gasteiger partial charge in [0, 0.05) is 37.8 Å². The van der Waals surface area contributed by atoms with E-state index in [1.807, 2.05) is 23.1 Å². The number of amides is 5. The number of imide groups is 1. The van der Waals surface area contributed by atoms with Gasteiger partial charge in [-0.3, -0.25) is 19.5 Å². The highest BCUT2D eigenvalue weighted by molar-refractivity contribution is 6.08. The molecule has 0 radical (unpaired) electrons. The van der Waals surface area contributed by atoms with E-state index in [2.05, 4.69) is 22.3 Å². The Kier molecular flexibility index (Phi) is 7.83. The highest BCUT2D eigenvalue weighted by Crippen LogP contribution is 2.45. The van der Waals surface area contributed by atoms with E-state index in [4.69, 9.17) is 0 Å². The van der Waals surface area contributed by atoms with E-state index in [-0.39, 0.29) is 36.1 Å². The molecule has 8 nitrogen and oxygen atoms in total. The number of benzene rings is 1. The predicted molar refractivity (Wildman–Crippen MR) is 150 cm³/mol. The summed E-state index contributed by atoms with van der Waals surface area (Å²) < 4.78 is 0. The third-order valence-corrected chi connectivity index (χ3v) is 9.94. The Bertz CT molecular complexity index is 1030. The van der Waals surface area contributed by atoms with E-state index in [0.29, 0.717) is 19.6 Å². The summed E-state index contributed by atoms with van der Waals surface area (Å²) >= 11 is 0. The normalized spacial score (nSPS) is 28.2. The van der Waals surface area contributed by atoms with E-state index in [1.165, 1.54) is 6.42 Å². The minimum Gasteiger partial charge on any atom is -0.335 e. The lowest BCUT2D eigenvalue weighted by Gasteiger charge is -2.47. The molecule has 1 aromatic rings. The second kappa shape index (κ2) is 11.5. The van der Waals surface area contributed by atoms with E-state index in [9.17, 15) is 14.4 Å². The zero-order valence-electron chi connectivity index (χ0n) is 23.4. The number of rotatable bonds is 5. The Morgan fingerprint density at radius 2 is 1.36 bits per heavy atom. The van der Waals surface area contributed by atoms with Crippen LogP contribution in [0.3, 0.4) is 0 Å². The Morgan fingerprint density at radius 1 is 0.769 bits per heavy atom. The third-order valence-electron chi connectivity index (χ3n) is 9.94. The lowest BCUT2D eigenvalue weighted by molar-refractivity contribution is -0.157. The van der Waals surface area contributed by atoms with Crippen LogP contribution in [-0.2, 0) is 11.3 Å². The molecule has 1 N–H and O–H groups in total. The Labute approximate surface area is 233 Å². The van der Waals surface area contributed by atoms with Gasteiger partial charge in [0.05, 0.1) is 0 Å². The zero-order chi connectivity index (χ0) is 26.8. The Hall–Kier alpha value is -2.61. The van der Waals surface area contributed by atoms with Gasteiger partial charge >= 0.3 is 12.1 Å². The molecule has 5 aliphatic rings. The first kappa shape index (κ1) is 26.6. The molecule has 212 valence electrons. The van der Waals surface area contributed by atoms with Crippen LogP contribution in [0.4, 0.5) is 9.59 Å². The topological polar surface area (TPSA) is 76.2 Å². The Morgan fingerprint density at radius 3 is 2.00 bits per heavy atom. The molecule has 6 rings (SSSR count). The van der Waals surface area contributed by atoms with Gasteiger partial charge in [-0.15, -0.1) is 0 Å². The highest BCUT2D eigenvalue weighted by atomic mass is 16.2. The third kappa shape index (κ3) is 4.83. The van der Waals surface area contributed by atoms with Crippen molar-refractivity contribution in [2.45, 2.75) is 127 Å². The smallest absolute Gasteiger partial charge is 0.330 e. The molecule has 39 heavy (non-hydrogen) atoms. The van der Waals surface area contributed by atoms with Gasteiger partial charge in [0.1, 0.15) is 0 Å². The first-order valence-electron chi connectivity index (χ1n) is 15.6. The number of carbonyl (C=O) groups excluding carboxylic acids is 3. The minimum absolute atomic E-state index is 0.0369. The summed E-state index contributed by atoms with van der Waals surface area (Å²) in [4.78, 5) is 50.9. The Balaban J connectivity index is 1.42. The molecule has 2 saturated heterocycles. The number of nitrogens with one attached hydrogen (secondary N) is 1. The number of hydrogen-bond acceptors (Lipinski definition) is 4. The maximum atomic E-state index is 14.9. The van der Waals surface area contributed by atoms with Crippen LogP contribution in [0.15, 0.2) is 30.3 Å². The molecule has 8 heteroatoms. The average Bonchev–Trinajstić information content (AvgIpc) is 3.45. The van der Waals surface area contributed by atoms with Crippen LogP contribution in [-0.4, -0.2) is 74.6 Å². The van der Waals surface area contributed by atoms with Gasteiger partial charge in [0.2, 0.25) is 0 Å². The average molecular weight is 536 g/mol. The number of hydrogen-bond donors (Lipinski definition) is 1. The summed E-state index contributed by atoms with van der Waals surface area (Å²) in [6.45, 7) is 1.52. The van der Waals surface area contributed by atoms with Gasteiger partial charge in [0.25, 0.3) is 11.7 Å². The van der Waals surface area contributed by atoms with Crippen molar-refractivity contribution in [1.29, 1.82) is 0 Å². The summed E-state index contributed by atoms with van der Waals surface area (Å²) in [7, 11) is 0. The molecule has 1 unspecified atom stereocenters. The van der Waals surface area contributed by atoms with Gasteiger partial charge in [0.15, 0.2) is 0 Å². The molecule has 1 aromatic carbocycles. The molecule has 1 spiro atoms. The maximum Gasteiger partial charge on any atom is 0.330 e. The van der Waals surface area contributed by atoms with Crippen molar-refractivity contribution in [3.05, 3.63) is 35.9 Å². The summed E-state index contributed by atoms with van der Waals surface area (Å²) in [5, 5.41) is 3.30. The van der Waals surface area contributed by atoms with Gasteiger partial charge in [-0.05, 0) is 44.1 Å². The van der Waals surface area contributed by atoms with Crippen molar-refractivity contribution < 1.29 is 14.4 Å². The summed E-state index contributed by atoms with van der Waals surface area (Å²) in [6, 6.07) is 9.83. The first-order chi connectivity index (χ1) is 19.1. The number of nitrogens with zero attached hydrogens (tertiary/aromatic N) is 4. The molecule has 5 fully saturated rings. The second-order valence-electron chi connectivity index (χ2n) is 12.4. The molecule has 0 bridgehead atoms. The second-order valence-corrected chi connectivity index (χ2v) is 12.4. The number of carbonyl (C=O) groups is 3. The molecule has 2 heterocycles. The lowest BCUT2D eigenvalue weighted by Crippen LogP contribution is -2.71. The molecule has 0 aromatic heterocycles. The van der Waals surface area contributed by atoms with Gasteiger partial charge in [-0.25, -0.2) is 14.5 Å². The monoisotopic (exact) mass is 535 g/mol. The van der Waals surface area contributed by atoms with Crippen molar-refractivity contribution in [2.24, 2.45) is 0 Å². The van der Waals surface area contributed by atoms with Gasteiger partial charge < -0.3 is 5.32 Å². The van der Waals surface area contributed by atoms with E-state index in [1.54, 1.807) is 9.80 Å². The molecule has 3 saturated carbocycles. The quantitative estimate of drug-likeness (QED) is 0.510. The molecular weight excluding hydrogens is 490 g/mol. The van der Waals surface area contributed by atoms with E-state index >= 15 is 0 Å². The largest absolute Gasteiger partial charge is 0.335 e. The fourth-order valence-corrected chi connectivity index (χ4v) is 7.98. The van der Waals surface area contributed by atoms with Crippen molar-refractivity contribution in [2.75, 3.05) is 13.1 Å². The van der Waals surface area contributed by atoms with Crippen molar-refractivity contribution in [1.82, 2.24) is 24.9 Å². The van der Waals surface area contributed by atoms with Gasteiger partial charge in [-0.1, -0.05) is 88.1 Å². The minimum atomic E-state index is -1.40. The first-order valence-corrected chi connectivity index (χ1v) is 15.6. The fraction of sp³-hybridized carbons (Fsp3) is 0.710. The van der Waals surface area contributed by atoms with Crippen LogP contribution in [0.25, 0.3) is 0 Å². The highest BCUT2D eigenvalue weighted by Gasteiger charge is 2.70. The van der Waals surface area contributed by atoms with E-state index in [0.717, 1.165) is 95.5 Å². The summed E-state index contributed by atoms with van der Waals surface area (Å²) in [5.41, 5.74) is 1.09. The SMILES string of the molecule is O=C(NC1CCCCC1)N1CCN(Cc2ccccc2)C12C(=O)N(C1CCCCC1)C(=O)N2C1CCCCC1. The lowest BCUT2D eigenvalue weighted by atomic mass is 9.93. The maximum absolute atomic E-state index is 14.9. The molecule has 2 aliphatic heterocycles. The van der Waals surface area contributed by atoms with Crippen LogP contribution in [0, 0.1) is 0 Å². The number of urea groups is 2. The van der Waals surface area contributed by atoms with Crippen LogP contribution < -0.4 is 5.32 Å². The van der Waals surface area contributed by atoms with Crippen molar-refractivity contribution in [3.8, 4) is 0 Å². The van der Waals surface area contributed by atoms with Crippen LogP contribution >= 0.6 is 0 Å². The van der Waals surface area contributed by atoms with Crippen molar-refractivity contribution in [3.63, 3.8) is 0 Å².